The summed E-state index contributed by atoms with van der Waals surface area (Å²) in [6.07, 6.45) is 3.22. The van der Waals surface area contributed by atoms with Crippen molar-refractivity contribution in [3.63, 3.8) is 0 Å². The third-order valence-corrected chi connectivity index (χ3v) is 6.18. The SMILES string of the molecule is Cc1ccc(C(=O)N/N=C2\CCCc3oc(C(=O)NCCCN4CCOCC4)c(C)c32)cc1. The van der Waals surface area contributed by atoms with Gasteiger partial charge in [-0.1, -0.05) is 17.7 Å². The second-order valence-electron chi connectivity index (χ2n) is 8.64. The van der Waals surface area contributed by atoms with E-state index >= 15 is 0 Å². The lowest BCUT2D eigenvalue weighted by atomic mass is 9.93. The van der Waals surface area contributed by atoms with Crippen LogP contribution in [0.1, 0.15) is 62.6 Å². The number of morpholine rings is 1. The van der Waals surface area contributed by atoms with Gasteiger partial charge in [-0.15, -0.1) is 0 Å². The van der Waals surface area contributed by atoms with Crippen molar-refractivity contribution in [2.24, 2.45) is 5.10 Å². The molecule has 176 valence electrons. The highest BCUT2D eigenvalue weighted by Crippen LogP contribution is 2.29. The molecule has 0 spiro atoms. The third kappa shape index (κ3) is 5.69. The van der Waals surface area contributed by atoms with Crippen LogP contribution in [-0.2, 0) is 11.2 Å². The Bertz CT molecular complexity index is 1020. The van der Waals surface area contributed by atoms with Gasteiger partial charge < -0.3 is 14.5 Å². The molecule has 2 aromatic rings. The number of carbonyl (C=O) groups is 2. The first-order valence-corrected chi connectivity index (χ1v) is 11.7. The monoisotopic (exact) mass is 452 g/mol. The maximum absolute atomic E-state index is 12.8. The quantitative estimate of drug-likeness (QED) is 0.498. The molecule has 1 aliphatic carbocycles. The fourth-order valence-electron chi connectivity index (χ4n) is 4.29. The van der Waals surface area contributed by atoms with Gasteiger partial charge in [-0.2, -0.15) is 5.10 Å². The summed E-state index contributed by atoms with van der Waals surface area (Å²) in [6, 6.07) is 7.35. The van der Waals surface area contributed by atoms with Crippen LogP contribution in [0.25, 0.3) is 0 Å². The van der Waals surface area contributed by atoms with Gasteiger partial charge in [0.05, 0.1) is 18.9 Å². The molecule has 1 aromatic heterocycles. The van der Waals surface area contributed by atoms with E-state index in [1.165, 1.54) is 0 Å². The summed E-state index contributed by atoms with van der Waals surface area (Å²) in [7, 11) is 0. The Kier molecular flexibility index (Phi) is 7.57. The molecule has 1 aliphatic heterocycles. The summed E-state index contributed by atoms with van der Waals surface area (Å²) < 4.78 is 11.3. The molecule has 0 unspecified atom stereocenters. The summed E-state index contributed by atoms with van der Waals surface area (Å²) in [4.78, 5) is 27.6. The van der Waals surface area contributed by atoms with Gasteiger partial charge in [0.2, 0.25) is 0 Å². The number of fused-ring (bicyclic) bond motifs is 1. The Morgan fingerprint density at radius 2 is 1.82 bits per heavy atom. The molecule has 2 heterocycles. The van der Waals surface area contributed by atoms with Crippen LogP contribution in [0.2, 0.25) is 0 Å². The molecule has 2 N–H and O–H groups in total. The van der Waals surface area contributed by atoms with Crippen LogP contribution in [0, 0.1) is 13.8 Å². The molecule has 0 radical (unpaired) electrons. The van der Waals surface area contributed by atoms with Crippen LogP contribution < -0.4 is 10.7 Å². The maximum Gasteiger partial charge on any atom is 0.287 e. The highest BCUT2D eigenvalue weighted by Gasteiger charge is 2.28. The number of amides is 2. The van der Waals surface area contributed by atoms with Crippen molar-refractivity contribution in [3.8, 4) is 0 Å². The Morgan fingerprint density at radius 1 is 1.06 bits per heavy atom. The fourth-order valence-corrected chi connectivity index (χ4v) is 4.29. The molecular weight excluding hydrogens is 420 g/mol. The smallest absolute Gasteiger partial charge is 0.287 e. The number of benzene rings is 1. The van der Waals surface area contributed by atoms with Gasteiger partial charge in [-0.05, 0) is 51.8 Å². The summed E-state index contributed by atoms with van der Waals surface area (Å²) in [6.45, 7) is 8.83. The minimum atomic E-state index is -0.256. The van der Waals surface area contributed by atoms with Crippen molar-refractivity contribution in [1.82, 2.24) is 15.6 Å². The van der Waals surface area contributed by atoms with E-state index in [1.807, 2.05) is 26.0 Å². The lowest BCUT2D eigenvalue weighted by molar-refractivity contribution is 0.0374. The average Bonchev–Trinajstić information content (AvgIpc) is 3.18. The predicted molar refractivity (Wildman–Crippen MR) is 126 cm³/mol. The van der Waals surface area contributed by atoms with Crippen molar-refractivity contribution in [3.05, 3.63) is 58.0 Å². The third-order valence-electron chi connectivity index (χ3n) is 6.18. The Morgan fingerprint density at radius 3 is 2.58 bits per heavy atom. The van der Waals surface area contributed by atoms with Gasteiger partial charge in [0.15, 0.2) is 5.76 Å². The normalized spacial score (nSPS) is 17.6. The van der Waals surface area contributed by atoms with Gasteiger partial charge in [0, 0.05) is 42.7 Å². The van der Waals surface area contributed by atoms with E-state index < -0.39 is 0 Å². The minimum Gasteiger partial charge on any atom is -0.455 e. The van der Waals surface area contributed by atoms with E-state index in [0.29, 0.717) is 17.9 Å². The standard InChI is InChI=1S/C25H32N4O4/c1-17-7-9-19(10-8-17)24(30)28-27-20-5-3-6-21-22(20)18(2)23(33-21)25(31)26-11-4-12-29-13-15-32-16-14-29/h7-10H,3-6,11-16H2,1-2H3,(H,26,31)(H,28,30)/b27-20+. The number of carbonyl (C=O) groups excluding carboxylic acids is 2. The van der Waals surface area contributed by atoms with Gasteiger partial charge >= 0.3 is 0 Å². The van der Waals surface area contributed by atoms with Crippen LogP contribution >= 0.6 is 0 Å². The second-order valence-corrected chi connectivity index (χ2v) is 8.64. The van der Waals surface area contributed by atoms with Crippen molar-refractivity contribution < 1.29 is 18.7 Å². The molecule has 1 fully saturated rings. The molecular formula is C25H32N4O4. The van der Waals surface area contributed by atoms with E-state index in [-0.39, 0.29) is 11.8 Å². The maximum atomic E-state index is 12.8. The zero-order chi connectivity index (χ0) is 23.2. The molecule has 4 rings (SSSR count). The lowest BCUT2D eigenvalue weighted by Crippen LogP contribution is -2.38. The zero-order valence-electron chi connectivity index (χ0n) is 19.4. The first-order valence-electron chi connectivity index (χ1n) is 11.7. The van der Waals surface area contributed by atoms with Crippen LogP contribution in [0.4, 0.5) is 0 Å². The summed E-state index contributed by atoms with van der Waals surface area (Å²) in [5.74, 6) is 0.646. The topological polar surface area (TPSA) is 96.2 Å². The molecule has 0 saturated carbocycles. The molecule has 8 nitrogen and oxygen atoms in total. The molecule has 2 aliphatic rings. The Hall–Kier alpha value is -2.97. The largest absolute Gasteiger partial charge is 0.455 e. The van der Waals surface area contributed by atoms with Crippen LogP contribution in [0.5, 0.6) is 0 Å². The number of nitrogens with zero attached hydrogens (tertiary/aromatic N) is 2. The summed E-state index contributed by atoms with van der Waals surface area (Å²) in [5, 5.41) is 7.37. The second kappa shape index (κ2) is 10.8. The highest BCUT2D eigenvalue weighted by atomic mass is 16.5. The molecule has 2 amide bonds. The molecule has 8 heteroatoms. The Labute approximate surface area is 194 Å². The number of furan rings is 1. The molecule has 33 heavy (non-hydrogen) atoms. The number of aryl methyl sites for hydroxylation is 2. The van der Waals surface area contributed by atoms with Crippen LogP contribution in [0.15, 0.2) is 33.8 Å². The Balaban J connectivity index is 1.38. The molecule has 0 atom stereocenters. The van der Waals surface area contributed by atoms with Crippen LogP contribution in [0.3, 0.4) is 0 Å². The summed E-state index contributed by atoms with van der Waals surface area (Å²) >= 11 is 0. The first-order chi connectivity index (χ1) is 16.0. The number of ether oxygens (including phenoxy) is 1. The predicted octanol–water partition coefficient (Wildman–Crippen LogP) is 2.82. The van der Waals surface area contributed by atoms with Gasteiger partial charge in [-0.25, -0.2) is 5.43 Å². The van der Waals surface area contributed by atoms with Gasteiger partial charge in [0.1, 0.15) is 5.76 Å². The van der Waals surface area contributed by atoms with E-state index in [2.05, 4.69) is 20.7 Å². The number of hydrazone groups is 1. The molecule has 1 saturated heterocycles. The van der Waals surface area contributed by atoms with Crippen molar-refractivity contribution in [2.75, 3.05) is 39.4 Å². The number of nitrogens with one attached hydrogen (secondary N) is 2. The van der Waals surface area contributed by atoms with Crippen LogP contribution in [-0.4, -0.2) is 61.8 Å². The van der Waals surface area contributed by atoms with E-state index in [9.17, 15) is 9.59 Å². The van der Waals surface area contributed by atoms with Gasteiger partial charge in [0.25, 0.3) is 11.8 Å². The number of hydrogen-bond acceptors (Lipinski definition) is 6. The summed E-state index contributed by atoms with van der Waals surface area (Å²) in [5.41, 5.74) is 6.69. The van der Waals surface area contributed by atoms with E-state index in [1.54, 1.807) is 12.1 Å². The van der Waals surface area contributed by atoms with Gasteiger partial charge in [-0.3, -0.25) is 14.5 Å². The fraction of sp³-hybridized carbons (Fsp3) is 0.480. The molecule has 0 bridgehead atoms. The number of rotatable bonds is 7. The average molecular weight is 453 g/mol. The van der Waals surface area contributed by atoms with E-state index in [0.717, 1.165) is 86.7 Å². The van der Waals surface area contributed by atoms with Crippen molar-refractivity contribution >= 4 is 17.5 Å². The van der Waals surface area contributed by atoms with Crippen molar-refractivity contribution in [2.45, 2.75) is 39.5 Å². The van der Waals surface area contributed by atoms with Crippen molar-refractivity contribution in [1.29, 1.82) is 0 Å². The highest BCUT2D eigenvalue weighted by molar-refractivity contribution is 6.07. The lowest BCUT2D eigenvalue weighted by Gasteiger charge is -2.26. The van der Waals surface area contributed by atoms with E-state index in [4.69, 9.17) is 9.15 Å². The minimum absolute atomic E-state index is 0.202. The number of hydrogen-bond donors (Lipinski definition) is 2. The first kappa shape index (κ1) is 23.2. The molecule has 1 aromatic carbocycles. The zero-order valence-corrected chi connectivity index (χ0v) is 19.4.